The summed E-state index contributed by atoms with van der Waals surface area (Å²) < 4.78 is 8.18. The topological polar surface area (TPSA) is 104 Å². The lowest BCUT2D eigenvalue weighted by atomic mass is 10.0. The number of benzene rings is 1. The maximum atomic E-state index is 13.4. The first-order valence-corrected chi connectivity index (χ1v) is 12.9. The molecule has 0 N–H and O–H groups in total. The lowest BCUT2D eigenvalue weighted by molar-refractivity contribution is -0.139. The molecule has 5 heterocycles. The molecule has 0 unspecified atom stereocenters. The van der Waals surface area contributed by atoms with Crippen molar-refractivity contribution in [1.82, 2.24) is 24.8 Å². The van der Waals surface area contributed by atoms with Crippen molar-refractivity contribution in [2.75, 3.05) is 7.11 Å². The van der Waals surface area contributed by atoms with Crippen LogP contribution >= 0.6 is 22.9 Å². The van der Waals surface area contributed by atoms with Gasteiger partial charge in [-0.1, -0.05) is 11.6 Å². The molecule has 1 atom stereocenters. The van der Waals surface area contributed by atoms with Gasteiger partial charge in [0.2, 0.25) is 0 Å². The number of fused-ring (bicyclic) bond motifs is 1. The molecule has 3 aromatic heterocycles. The van der Waals surface area contributed by atoms with Crippen LogP contribution in [-0.2, 0) is 22.4 Å². The van der Waals surface area contributed by atoms with E-state index >= 15 is 0 Å². The van der Waals surface area contributed by atoms with Gasteiger partial charge in [-0.2, -0.15) is 4.68 Å². The smallest absolute Gasteiger partial charge is 0.310 e. The number of thiophene rings is 1. The second-order valence-electron chi connectivity index (χ2n) is 8.88. The molecule has 37 heavy (non-hydrogen) atoms. The number of ether oxygens (including phenoxy) is 1. The Morgan fingerprint density at radius 1 is 1.22 bits per heavy atom. The van der Waals surface area contributed by atoms with Crippen molar-refractivity contribution in [3.05, 3.63) is 85.8 Å². The first-order chi connectivity index (χ1) is 18.0. The summed E-state index contributed by atoms with van der Waals surface area (Å²) in [6, 6.07) is 13.0. The largest absolute Gasteiger partial charge is 0.469 e. The van der Waals surface area contributed by atoms with Crippen molar-refractivity contribution in [1.29, 1.82) is 0 Å². The van der Waals surface area contributed by atoms with Crippen molar-refractivity contribution in [3.8, 4) is 16.8 Å². The molecule has 4 aromatic rings. The number of hydrogen-bond donors (Lipinski definition) is 0. The fourth-order valence-electron chi connectivity index (χ4n) is 4.94. The number of carbonyl (C=O) groups excluding carboxylic acids is 1. The van der Waals surface area contributed by atoms with Crippen LogP contribution in [0.5, 0.6) is 0 Å². The summed E-state index contributed by atoms with van der Waals surface area (Å²) >= 11 is 7.87. The molecule has 0 aliphatic carbocycles. The minimum atomic E-state index is -0.255. The highest BCUT2D eigenvalue weighted by Gasteiger charge is 2.30. The van der Waals surface area contributed by atoms with E-state index in [0.29, 0.717) is 11.4 Å². The van der Waals surface area contributed by atoms with Crippen LogP contribution in [-0.4, -0.2) is 43.6 Å². The molecule has 11 heteroatoms. The van der Waals surface area contributed by atoms with E-state index in [1.165, 1.54) is 13.4 Å². The molecule has 0 saturated heterocycles. The summed E-state index contributed by atoms with van der Waals surface area (Å²) in [5, 5.41) is 12.0. The highest BCUT2D eigenvalue weighted by Crippen LogP contribution is 2.37. The summed E-state index contributed by atoms with van der Waals surface area (Å²) in [5.74, 6) is -0.255. The summed E-state index contributed by atoms with van der Waals surface area (Å²) in [5.41, 5.74) is 5.25. The first-order valence-electron chi connectivity index (χ1n) is 11.7. The number of esters is 1. The molecule has 6 rings (SSSR count). The summed E-state index contributed by atoms with van der Waals surface area (Å²) in [7, 11) is 1.39. The molecule has 0 radical (unpaired) electrons. The first kappa shape index (κ1) is 23.5. The summed E-state index contributed by atoms with van der Waals surface area (Å²) in [4.78, 5) is 31.7. The Kier molecular flexibility index (Phi) is 6.05. The average molecular weight is 533 g/mol. The number of aryl methyl sites for hydroxylation is 1. The number of hydrogen-bond acceptors (Lipinski definition) is 8. The molecule has 0 amide bonds. The van der Waals surface area contributed by atoms with Gasteiger partial charge in [-0.15, -0.1) is 16.4 Å². The number of rotatable bonds is 6. The van der Waals surface area contributed by atoms with E-state index in [2.05, 4.69) is 15.5 Å². The van der Waals surface area contributed by atoms with Crippen molar-refractivity contribution < 1.29 is 9.53 Å². The third-order valence-electron chi connectivity index (χ3n) is 6.67. The zero-order valence-corrected chi connectivity index (χ0v) is 21.4. The lowest BCUT2D eigenvalue weighted by Gasteiger charge is -2.17. The van der Waals surface area contributed by atoms with Gasteiger partial charge in [-0.3, -0.25) is 14.6 Å². The van der Waals surface area contributed by atoms with Crippen molar-refractivity contribution in [2.45, 2.75) is 31.7 Å². The number of aromatic nitrogens is 5. The third-order valence-corrected chi connectivity index (χ3v) is 8.06. The number of allylic oxidation sites excluding steroid dienone is 1. The van der Waals surface area contributed by atoms with Gasteiger partial charge >= 0.3 is 5.97 Å². The standard InChI is InChI=1S/C26H21ClN6O3S/c1-36-26(35)12-19-4-7-24(37-19)16-9-21(28-13-16)23-6-3-18-8-15(10-25(34)33(18)23)20-11-17(27)2-5-22(20)32-14-29-30-31-32/h2,4-5,7-8,10-11,13-14,23H,3,6,9,12H2,1H3/t23-/m0/s1. The Morgan fingerprint density at radius 3 is 2.92 bits per heavy atom. The van der Waals surface area contributed by atoms with Crippen LogP contribution in [0.4, 0.5) is 0 Å². The highest BCUT2D eigenvalue weighted by molar-refractivity contribution is 7.13. The van der Waals surface area contributed by atoms with Gasteiger partial charge in [0.1, 0.15) is 6.33 Å². The Balaban J connectivity index is 1.26. The zero-order chi connectivity index (χ0) is 25.5. The van der Waals surface area contributed by atoms with Crippen molar-refractivity contribution in [2.24, 2.45) is 4.99 Å². The molecule has 9 nitrogen and oxygen atoms in total. The van der Waals surface area contributed by atoms with Gasteiger partial charge in [0, 0.05) is 50.4 Å². The Morgan fingerprint density at radius 2 is 2.11 bits per heavy atom. The van der Waals surface area contributed by atoms with Gasteiger partial charge in [0.25, 0.3) is 5.56 Å². The minimum Gasteiger partial charge on any atom is -0.469 e. The monoisotopic (exact) mass is 532 g/mol. The fourth-order valence-corrected chi connectivity index (χ4v) is 6.11. The molecule has 1 aromatic carbocycles. The Hall–Kier alpha value is -3.89. The van der Waals surface area contributed by atoms with Crippen LogP contribution in [0.1, 0.15) is 34.3 Å². The molecule has 186 valence electrons. The van der Waals surface area contributed by atoms with Gasteiger partial charge in [-0.25, -0.2) is 0 Å². The van der Waals surface area contributed by atoms with Crippen molar-refractivity contribution in [3.63, 3.8) is 0 Å². The number of halogens is 1. The second kappa shape index (κ2) is 9.53. The molecule has 0 spiro atoms. The number of nitrogens with zero attached hydrogens (tertiary/aromatic N) is 6. The number of carbonyl (C=O) groups is 1. The van der Waals surface area contributed by atoms with Crippen LogP contribution in [0, 0.1) is 0 Å². The SMILES string of the molecule is COC(=O)Cc1ccc(C2=CN=C([C@@H]3CCc4cc(-c5cc(Cl)ccc5-n5cnnn5)cc(=O)n43)C2)s1. The van der Waals surface area contributed by atoms with Crippen LogP contribution < -0.4 is 5.56 Å². The zero-order valence-electron chi connectivity index (χ0n) is 19.8. The second-order valence-corrected chi connectivity index (χ2v) is 10.5. The van der Waals surface area contributed by atoms with E-state index < -0.39 is 0 Å². The molecular formula is C26H21ClN6O3S. The third kappa shape index (κ3) is 4.42. The lowest BCUT2D eigenvalue weighted by Crippen LogP contribution is -2.27. The Labute approximate surface area is 220 Å². The van der Waals surface area contributed by atoms with E-state index in [-0.39, 0.29) is 24.0 Å². The maximum Gasteiger partial charge on any atom is 0.310 e. The van der Waals surface area contributed by atoms with E-state index in [1.54, 1.807) is 28.2 Å². The van der Waals surface area contributed by atoms with Crippen LogP contribution in [0.3, 0.4) is 0 Å². The molecule has 2 aliphatic rings. The Bertz CT molecular complexity index is 1640. The average Bonchev–Trinajstić information content (AvgIpc) is 3.70. The van der Waals surface area contributed by atoms with Gasteiger partial charge in [-0.05, 0) is 70.8 Å². The molecule has 2 aliphatic heterocycles. The van der Waals surface area contributed by atoms with Gasteiger partial charge < -0.3 is 9.30 Å². The molecule has 0 fully saturated rings. The van der Waals surface area contributed by atoms with Gasteiger partial charge in [0.05, 0.1) is 25.3 Å². The van der Waals surface area contributed by atoms with E-state index in [4.69, 9.17) is 21.3 Å². The fraction of sp³-hybridized carbons (Fsp3) is 0.231. The van der Waals surface area contributed by atoms with Gasteiger partial charge in [0.15, 0.2) is 0 Å². The number of tetrazole rings is 1. The van der Waals surface area contributed by atoms with E-state index in [9.17, 15) is 9.59 Å². The predicted molar refractivity (Wildman–Crippen MR) is 141 cm³/mol. The summed E-state index contributed by atoms with van der Waals surface area (Å²) in [6.45, 7) is 0. The quantitative estimate of drug-likeness (QED) is 0.343. The number of aliphatic imine (C=N–C) groups is 1. The maximum absolute atomic E-state index is 13.4. The number of pyridine rings is 1. The van der Waals surface area contributed by atoms with Crippen LogP contribution in [0.15, 0.2) is 64.8 Å². The highest BCUT2D eigenvalue weighted by atomic mass is 35.5. The predicted octanol–water partition coefficient (Wildman–Crippen LogP) is 4.29. The minimum absolute atomic E-state index is 0.0784. The molecule has 0 saturated carbocycles. The van der Waals surface area contributed by atoms with E-state index in [1.807, 2.05) is 41.1 Å². The number of methoxy groups -OCH3 is 1. The van der Waals surface area contributed by atoms with Crippen molar-refractivity contribution >= 4 is 40.2 Å². The van der Waals surface area contributed by atoms with E-state index in [0.717, 1.165) is 56.4 Å². The summed E-state index contributed by atoms with van der Waals surface area (Å²) in [6.07, 6.45) is 5.91. The van der Waals surface area contributed by atoms with Crippen LogP contribution in [0.25, 0.3) is 22.4 Å². The molecular weight excluding hydrogens is 512 g/mol. The normalized spacial score (nSPS) is 16.4. The van der Waals surface area contributed by atoms with Crippen LogP contribution in [0.2, 0.25) is 5.02 Å². The molecule has 0 bridgehead atoms.